The number of carbonyl (C=O) groups is 3. The van der Waals surface area contributed by atoms with E-state index in [1.165, 1.54) is 0 Å². The molecule has 2 aliphatic rings. The molecule has 0 unspecified atom stereocenters. The zero-order valence-electron chi connectivity index (χ0n) is 10.3. The lowest BCUT2D eigenvalue weighted by Crippen LogP contribution is -2.44. The number of carbonyl (C=O) groups excluding carboxylic acids is 3. The van der Waals surface area contributed by atoms with Crippen LogP contribution in [0.3, 0.4) is 0 Å². The third-order valence-corrected chi connectivity index (χ3v) is 3.69. The minimum atomic E-state index is -1.12. The zero-order chi connectivity index (χ0) is 13.5. The number of rotatable bonds is 1. The lowest BCUT2D eigenvalue weighted by atomic mass is 9.83. The average Bonchev–Trinajstić information content (AvgIpc) is 2.66. The second-order valence-electron chi connectivity index (χ2n) is 4.88. The highest BCUT2D eigenvalue weighted by atomic mass is 16.6. The van der Waals surface area contributed by atoms with Gasteiger partial charge in [-0.15, -0.1) is 0 Å². The van der Waals surface area contributed by atoms with Gasteiger partial charge in [0.1, 0.15) is 5.78 Å². The summed E-state index contributed by atoms with van der Waals surface area (Å²) in [5.74, 6) is -0.233. The van der Waals surface area contributed by atoms with E-state index in [0.717, 1.165) is 4.90 Å². The van der Waals surface area contributed by atoms with Crippen molar-refractivity contribution in [3.05, 3.63) is 30.3 Å². The van der Waals surface area contributed by atoms with Crippen molar-refractivity contribution in [1.29, 1.82) is 0 Å². The van der Waals surface area contributed by atoms with Crippen LogP contribution in [0.1, 0.15) is 25.7 Å². The molecule has 0 N–H and O–H groups in total. The Balaban J connectivity index is 1.92. The molecular weight excluding hydrogens is 246 g/mol. The van der Waals surface area contributed by atoms with Gasteiger partial charge in [0.15, 0.2) is 5.60 Å². The number of anilines is 1. The fourth-order valence-corrected chi connectivity index (χ4v) is 2.59. The molecule has 3 rings (SSSR count). The number of Topliss-reactive ketones (excluding diaryl/α,β-unsaturated/α-hetero) is 1. The van der Waals surface area contributed by atoms with Gasteiger partial charge >= 0.3 is 6.09 Å². The molecule has 1 saturated carbocycles. The molecule has 1 spiro atoms. The van der Waals surface area contributed by atoms with Crippen molar-refractivity contribution in [3.8, 4) is 0 Å². The first kappa shape index (κ1) is 11.9. The van der Waals surface area contributed by atoms with Gasteiger partial charge in [0, 0.05) is 25.7 Å². The predicted molar refractivity (Wildman–Crippen MR) is 66.6 cm³/mol. The van der Waals surface area contributed by atoms with Crippen molar-refractivity contribution < 1.29 is 19.1 Å². The first-order valence-electron chi connectivity index (χ1n) is 6.27. The third-order valence-electron chi connectivity index (χ3n) is 3.69. The van der Waals surface area contributed by atoms with Gasteiger partial charge in [0.2, 0.25) is 0 Å². The molecule has 5 nitrogen and oxygen atoms in total. The summed E-state index contributed by atoms with van der Waals surface area (Å²) in [6.07, 6.45) is 0.522. The second kappa shape index (κ2) is 4.19. The quantitative estimate of drug-likeness (QED) is 0.774. The van der Waals surface area contributed by atoms with E-state index in [0.29, 0.717) is 31.4 Å². The summed E-state index contributed by atoms with van der Waals surface area (Å²) in [4.78, 5) is 36.7. The monoisotopic (exact) mass is 259 g/mol. The summed E-state index contributed by atoms with van der Waals surface area (Å²) in [5.41, 5.74) is -0.618. The number of nitrogens with zero attached hydrogens (tertiary/aromatic N) is 1. The Kier molecular flexibility index (Phi) is 2.62. The standard InChI is InChI=1S/C14H13NO4/c16-11-6-8-14(9-7-11)12(17)15(13(18)19-14)10-4-2-1-3-5-10/h1-5H,6-9H2. The van der Waals surface area contributed by atoms with Crippen LogP contribution in [0.4, 0.5) is 10.5 Å². The van der Waals surface area contributed by atoms with E-state index >= 15 is 0 Å². The Labute approximate surface area is 110 Å². The van der Waals surface area contributed by atoms with Gasteiger partial charge < -0.3 is 4.74 Å². The molecular formula is C14H13NO4. The summed E-state index contributed by atoms with van der Waals surface area (Å²) < 4.78 is 5.30. The lowest BCUT2D eigenvalue weighted by Gasteiger charge is -2.28. The molecule has 2 amide bonds. The molecule has 1 aromatic rings. The smallest absolute Gasteiger partial charge is 0.422 e. The molecule has 5 heteroatoms. The van der Waals surface area contributed by atoms with Crippen LogP contribution in [0.5, 0.6) is 0 Å². The van der Waals surface area contributed by atoms with Crippen LogP contribution in [-0.2, 0) is 14.3 Å². The summed E-state index contributed by atoms with van der Waals surface area (Å²) in [7, 11) is 0. The molecule has 0 atom stereocenters. The minimum Gasteiger partial charge on any atom is -0.432 e. The van der Waals surface area contributed by atoms with Gasteiger partial charge in [-0.3, -0.25) is 9.59 Å². The molecule has 98 valence electrons. The first-order valence-corrected chi connectivity index (χ1v) is 6.27. The topological polar surface area (TPSA) is 63.7 Å². The van der Waals surface area contributed by atoms with E-state index in [9.17, 15) is 14.4 Å². The third kappa shape index (κ3) is 1.82. The summed E-state index contributed by atoms with van der Waals surface area (Å²) in [6.45, 7) is 0. The molecule has 1 saturated heterocycles. The average molecular weight is 259 g/mol. The van der Waals surface area contributed by atoms with Gasteiger partial charge in [-0.2, -0.15) is 0 Å². The fourth-order valence-electron chi connectivity index (χ4n) is 2.59. The maximum absolute atomic E-state index is 12.5. The van der Waals surface area contributed by atoms with Gasteiger partial charge in [-0.1, -0.05) is 18.2 Å². The van der Waals surface area contributed by atoms with Gasteiger partial charge in [-0.05, 0) is 12.1 Å². The Bertz CT molecular complexity index is 542. The summed E-state index contributed by atoms with van der Waals surface area (Å²) in [5, 5.41) is 0. The van der Waals surface area contributed by atoms with E-state index < -0.39 is 11.7 Å². The van der Waals surface area contributed by atoms with Crippen molar-refractivity contribution in [2.75, 3.05) is 4.90 Å². The van der Waals surface area contributed by atoms with Crippen molar-refractivity contribution in [3.63, 3.8) is 0 Å². The highest BCUT2D eigenvalue weighted by Crippen LogP contribution is 2.38. The molecule has 0 bridgehead atoms. The minimum absolute atomic E-state index is 0.118. The van der Waals surface area contributed by atoms with Gasteiger partial charge in [-0.25, -0.2) is 9.69 Å². The maximum atomic E-state index is 12.5. The number of amides is 2. The lowest BCUT2D eigenvalue weighted by molar-refractivity contribution is -0.136. The molecule has 1 aliphatic heterocycles. The van der Waals surface area contributed by atoms with E-state index in [4.69, 9.17) is 4.74 Å². The number of imide groups is 1. The number of ether oxygens (including phenoxy) is 1. The zero-order valence-corrected chi connectivity index (χ0v) is 10.3. The van der Waals surface area contributed by atoms with E-state index in [-0.39, 0.29) is 11.7 Å². The van der Waals surface area contributed by atoms with Crippen LogP contribution in [-0.4, -0.2) is 23.4 Å². The normalized spacial score (nSPS) is 21.9. The number of hydrogen-bond acceptors (Lipinski definition) is 4. The summed E-state index contributed by atoms with van der Waals surface area (Å²) >= 11 is 0. The maximum Gasteiger partial charge on any atom is 0.422 e. The molecule has 2 fully saturated rings. The molecule has 1 heterocycles. The molecule has 1 aliphatic carbocycles. The van der Waals surface area contributed by atoms with Crippen molar-refractivity contribution in [2.24, 2.45) is 0 Å². The number of hydrogen-bond donors (Lipinski definition) is 0. The number of para-hydroxylation sites is 1. The van der Waals surface area contributed by atoms with Crippen LogP contribution in [0.2, 0.25) is 0 Å². The Morgan fingerprint density at radius 1 is 1.00 bits per heavy atom. The first-order chi connectivity index (χ1) is 9.12. The molecule has 0 aromatic heterocycles. The predicted octanol–water partition coefficient (Wildman–Crippen LogP) is 2.05. The van der Waals surface area contributed by atoms with Crippen molar-refractivity contribution >= 4 is 23.5 Å². The van der Waals surface area contributed by atoms with Crippen molar-refractivity contribution in [1.82, 2.24) is 0 Å². The highest BCUT2D eigenvalue weighted by Gasteiger charge is 2.55. The van der Waals surface area contributed by atoms with Gasteiger partial charge in [0.05, 0.1) is 5.69 Å². The highest BCUT2D eigenvalue weighted by molar-refractivity contribution is 6.20. The Morgan fingerprint density at radius 3 is 2.26 bits per heavy atom. The van der Waals surface area contributed by atoms with Crippen LogP contribution in [0.15, 0.2) is 30.3 Å². The molecule has 19 heavy (non-hydrogen) atoms. The molecule has 1 aromatic carbocycles. The Morgan fingerprint density at radius 2 is 1.63 bits per heavy atom. The summed E-state index contributed by atoms with van der Waals surface area (Å²) in [6, 6.07) is 8.69. The van der Waals surface area contributed by atoms with Crippen LogP contribution in [0.25, 0.3) is 0 Å². The molecule has 0 radical (unpaired) electrons. The van der Waals surface area contributed by atoms with Crippen LogP contribution < -0.4 is 4.90 Å². The second-order valence-corrected chi connectivity index (χ2v) is 4.88. The largest absolute Gasteiger partial charge is 0.432 e. The van der Waals surface area contributed by atoms with Crippen LogP contribution in [0, 0.1) is 0 Å². The Hall–Kier alpha value is -2.17. The van der Waals surface area contributed by atoms with E-state index in [1.807, 2.05) is 6.07 Å². The van der Waals surface area contributed by atoms with E-state index in [1.54, 1.807) is 24.3 Å². The van der Waals surface area contributed by atoms with Gasteiger partial charge in [0.25, 0.3) is 5.91 Å². The number of ketones is 1. The SMILES string of the molecule is O=C1CCC2(CC1)OC(=O)N(c1ccccc1)C2=O. The van der Waals surface area contributed by atoms with Crippen LogP contribution >= 0.6 is 0 Å². The van der Waals surface area contributed by atoms with E-state index in [2.05, 4.69) is 0 Å². The van der Waals surface area contributed by atoms with Crippen molar-refractivity contribution in [2.45, 2.75) is 31.3 Å². The number of benzene rings is 1. The fraction of sp³-hybridized carbons (Fsp3) is 0.357.